The molecule has 2 aromatic carbocycles. The summed E-state index contributed by atoms with van der Waals surface area (Å²) in [6.45, 7) is 0. The number of halogens is 2. The van der Waals surface area contributed by atoms with E-state index in [1.807, 2.05) is 0 Å². The highest BCUT2D eigenvalue weighted by molar-refractivity contribution is 8.01. The highest BCUT2D eigenvalue weighted by atomic mass is 35.5. The largest absolute Gasteiger partial charge is 0.339 e. The molecule has 2 amide bonds. The SMILES string of the molecule is O=C(CCSc1nnc(NC(=O)CCc2nc(-c3ccc(Cl)cc3)no2)s1)Nc1ccc(F)cc1. The lowest BCUT2D eigenvalue weighted by Crippen LogP contribution is -2.12. The highest BCUT2D eigenvalue weighted by Crippen LogP contribution is 2.26. The predicted molar refractivity (Wildman–Crippen MR) is 132 cm³/mol. The van der Waals surface area contributed by atoms with Crippen LogP contribution in [-0.2, 0) is 16.0 Å². The molecule has 0 aliphatic rings. The van der Waals surface area contributed by atoms with E-state index in [0.717, 1.165) is 5.56 Å². The summed E-state index contributed by atoms with van der Waals surface area (Å²) in [4.78, 5) is 28.5. The van der Waals surface area contributed by atoms with Crippen molar-refractivity contribution in [2.24, 2.45) is 0 Å². The molecule has 13 heteroatoms. The van der Waals surface area contributed by atoms with Crippen molar-refractivity contribution in [2.75, 3.05) is 16.4 Å². The second-order valence-electron chi connectivity index (χ2n) is 7.09. The van der Waals surface area contributed by atoms with E-state index in [9.17, 15) is 14.0 Å². The van der Waals surface area contributed by atoms with Gasteiger partial charge in [-0.2, -0.15) is 4.98 Å². The third kappa shape index (κ3) is 7.57. The van der Waals surface area contributed by atoms with Crippen molar-refractivity contribution in [3.63, 3.8) is 0 Å². The zero-order chi connectivity index (χ0) is 24.6. The summed E-state index contributed by atoms with van der Waals surface area (Å²) in [5.74, 6) is 0.426. The first-order valence-electron chi connectivity index (χ1n) is 10.3. The van der Waals surface area contributed by atoms with Crippen LogP contribution in [0.15, 0.2) is 57.4 Å². The number of carbonyl (C=O) groups is 2. The molecular weight excluding hydrogens is 515 g/mol. The Labute approximate surface area is 212 Å². The Hall–Kier alpha value is -3.35. The predicted octanol–water partition coefficient (Wildman–Crippen LogP) is 5.07. The molecule has 35 heavy (non-hydrogen) atoms. The second-order valence-corrected chi connectivity index (χ2v) is 9.85. The number of aryl methyl sites for hydroxylation is 1. The topological polar surface area (TPSA) is 123 Å². The van der Waals surface area contributed by atoms with Gasteiger partial charge in [0.1, 0.15) is 5.82 Å². The first-order chi connectivity index (χ1) is 16.9. The van der Waals surface area contributed by atoms with Gasteiger partial charge in [-0.05, 0) is 48.5 Å². The van der Waals surface area contributed by atoms with E-state index < -0.39 is 0 Å². The van der Waals surface area contributed by atoms with Crippen LogP contribution in [0, 0.1) is 5.82 Å². The van der Waals surface area contributed by atoms with Crippen molar-refractivity contribution < 1.29 is 18.5 Å². The molecule has 0 radical (unpaired) electrons. The van der Waals surface area contributed by atoms with Gasteiger partial charge in [0.05, 0.1) is 0 Å². The molecule has 9 nitrogen and oxygen atoms in total. The van der Waals surface area contributed by atoms with Crippen LogP contribution in [-0.4, -0.2) is 37.9 Å². The van der Waals surface area contributed by atoms with E-state index in [0.29, 0.717) is 37.6 Å². The molecule has 2 N–H and O–H groups in total. The average molecular weight is 533 g/mol. The molecule has 0 spiro atoms. The van der Waals surface area contributed by atoms with Crippen LogP contribution < -0.4 is 10.6 Å². The molecule has 0 aliphatic carbocycles. The molecule has 4 rings (SSSR count). The fourth-order valence-electron chi connectivity index (χ4n) is 2.78. The third-order valence-corrected chi connectivity index (χ3v) is 6.70. The summed E-state index contributed by atoms with van der Waals surface area (Å²) in [5, 5.41) is 18.2. The van der Waals surface area contributed by atoms with Crippen LogP contribution in [0.5, 0.6) is 0 Å². The molecule has 2 aromatic heterocycles. The van der Waals surface area contributed by atoms with E-state index in [4.69, 9.17) is 16.1 Å². The van der Waals surface area contributed by atoms with E-state index >= 15 is 0 Å². The molecule has 0 saturated carbocycles. The maximum Gasteiger partial charge on any atom is 0.227 e. The van der Waals surface area contributed by atoms with Gasteiger partial charge in [0.25, 0.3) is 0 Å². The van der Waals surface area contributed by atoms with Crippen molar-refractivity contribution in [1.29, 1.82) is 0 Å². The fourth-order valence-corrected chi connectivity index (χ4v) is 4.68. The summed E-state index contributed by atoms with van der Waals surface area (Å²) in [6.07, 6.45) is 0.648. The Morgan fingerprint density at radius 3 is 2.51 bits per heavy atom. The zero-order valence-electron chi connectivity index (χ0n) is 18.0. The molecule has 2 heterocycles. The molecule has 4 aromatic rings. The second kappa shape index (κ2) is 11.9. The number of rotatable bonds is 10. The van der Waals surface area contributed by atoms with Crippen molar-refractivity contribution in [2.45, 2.75) is 23.6 Å². The number of carbonyl (C=O) groups excluding carboxylic acids is 2. The highest BCUT2D eigenvalue weighted by Gasteiger charge is 2.13. The van der Waals surface area contributed by atoms with E-state index in [-0.39, 0.29) is 36.9 Å². The molecular formula is C22H18ClFN6O3S2. The number of thioether (sulfide) groups is 1. The van der Waals surface area contributed by atoms with E-state index in [1.165, 1.54) is 47.4 Å². The smallest absolute Gasteiger partial charge is 0.227 e. The Morgan fingerprint density at radius 2 is 1.74 bits per heavy atom. The van der Waals surface area contributed by atoms with Crippen LogP contribution in [0.3, 0.4) is 0 Å². The normalized spacial score (nSPS) is 10.8. The molecule has 0 unspecified atom stereocenters. The Kier molecular flexibility index (Phi) is 8.40. The van der Waals surface area contributed by atoms with Crippen molar-refractivity contribution in [1.82, 2.24) is 20.3 Å². The number of anilines is 2. The molecule has 0 aliphatic heterocycles. The van der Waals surface area contributed by atoms with Crippen LogP contribution in [0.25, 0.3) is 11.4 Å². The summed E-state index contributed by atoms with van der Waals surface area (Å²) in [7, 11) is 0. The molecule has 0 bridgehead atoms. The van der Waals surface area contributed by atoms with Gasteiger partial charge in [-0.25, -0.2) is 4.39 Å². The summed E-state index contributed by atoms with van der Waals surface area (Å²) < 4.78 is 18.8. The first kappa shape index (κ1) is 24.8. The lowest BCUT2D eigenvalue weighted by atomic mass is 10.2. The number of nitrogens with one attached hydrogen (secondary N) is 2. The van der Waals surface area contributed by atoms with Gasteiger partial charge in [-0.3, -0.25) is 9.59 Å². The number of amides is 2. The van der Waals surface area contributed by atoms with Gasteiger partial charge in [0.2, 0.25) is 28.7 Å². The Balaban J connectivity index is 1.17. The first-order valence-corrected chi connectivity index (χ1v) is 12.5. The Morgan fingerprint density at radius 1 is 1.00 bits per heavy atom. The number of hydrogen-bond donors (Lipinski definition) is 2. The van der Waals surface area contributed by atoms with Crippen molar-refractivity contribution in [3.8, 4) is 11.4 Å². The molecule has 180 valence electrons. The quantitative estimate of drug-likeness (QED) is 0.214. The van der Waals surface area contributed by atoms with Crippen LogP contribution in [0.1, 0.15) is 18.7 Å². The number of hydrogen-bond acceptors (Lipinski definition) is 9. The maximum absolute atomic E-state index is 12.9. The lowest BCUT2D eigenvalue weighted by Gasteiger charge is -2.04. The lowest BCUT2D eigenvalue weighted by molar-refractivity contribution is -0.116. The van der Waals surface area contributed by atoms with Gasteiger partial charge >= 0.3 is 0 Å². The van der Waals surface area contributed by atoms with E-state index in [1.54, 1.807) is 24.3 Å². The molecule has 0 fully saturated rings. The van der Waals surface area contributed by atoms with Crippen LogP contribution in [0.4, 0.5) is 15.2 Å². The van der Waals surface area contributed by atoms with Crippen molar-refractivity contribution >= 4 is 57.3 Å². The number of aromatic nitrogens is 4. The minimum atomic E-state index is -0.365. The number of benzene rings is 2. The molecule has 0 saturated heterocycles. The van der Waals surface area contributed by atoms with Gasteiger partial charge in [-0.1, -0.05) is 39.9 Å². The summed E-state index contributed by atoms with van der Waals surface area (Å²) in [5.41, 5.74) is 1.30. The van der Waals surface area contributed by atoms with Crippen LogP contribution in [0.2, 0.25) is 5.02 Å². The van der Waals surface area contributed by atoms with Crippen LogP contribution >= 0.6 is 34.7 Å². The standard InChI is InChI=1S/C22H18ClFN6O3S2/c23-14-3-1-13(2-4-14)20-27-19(33-30-20)10-9-17(31)26-21-28-29-22(35-21)34-12-11-18(32)25-16-7-5-15(24)6-8-16/h1-8H,9-12H2,(H,25,32)(H,26,28,31). The summed E-state index contributed by atoms with van der Waals surface area (Å²) in [6, 6.07) is 12.6. The monoisotopic (exact) mass is 532 g/mol. The van der Waals surface area contributed by atoms with E-state index in [2.05, 4.69) is 31.0 Å². The van der Waals surface area contributed by atoms with Gasteiger partial charge in [0, 0.05) is 41.3 Å². The maximum atomic E-state index is 12.9. The van der Waals surface area contributed by atoms with Gasteiger partial charge < -0.3 is 15.2 Å². The fraction of sp³-hybridized carbons (Fsp3) is 0.182. The third-order valence-electron chi connectivity index (χ3n) is 4.47. The van der Waals surface area contributed by atoms with Gasteiger partial charge in [-0.15, -0.1) is 10.2 Å². The minimum absolute atomic E-state index is 0.133. The average Bonchev–Trinajstić information content (AvgIpc) is 3.49. The van der Waals surface area contributed by atoms with Crippen molar-refractivity contribution in [3.05, 3.63) is 65.3 Å². The zero-order valence-corrected chi connectivity index (χ0v) is 20.4. The number of nitrogens with zero attached hydrogens (tertiary/aromatic N) is 4. The van der Waals surface area contributed by atoms with Gasteiger partial charge in [0.15, 0.2) is 4.34 Å². The minimum Gasteiger partial charge on any atom is -0.339 e. The summed E-state index contributed by atoms with van der Waals surface area (Å²) >= 11 is 8.45. The Bertz CT molecular complexity index is 1300. The molecule has 0 atom stereocenters.